The zero-order chi connectivity index (χ0) is 30.2. The van der Waals surface area contributed by atoms with Crippen molar-refractivity contribution in [3.63, 3.8) is 0 Å². The van der Waals surface area contributed by atoms with E-state index in [2.05, 4.69) is 150 Å². The van der Waals surface area contributed by atoms with E-state index in [9.17, 15) is 0 Å². The SMILES string of the molecule is c1ccc(-c2ccc(-c3cccc(-c4cc5ccc6cccc7c8cccc9ccc%10cccc(c(c4)c5c67)c%10c98)c3)nn2)cc1. The van der Waals surface area contributed by atoms with Crippen molar-refractivity contribution in [2.75, 3.05) is 0 Å². The van der Waals surface area contributed by atoms with Crippen molar-refractivity contribution in [1.29, 1.82) is 0 Å². The Balaban J connectivity index is 1.26. The van der Waals surface area contributed by atoms with Crippen molar-refractivity contribution < 1.29 is 0 Å². The molecular formula is C44H26N2. The second-order valence-corrected chi connectivity index (χ2v) is 12.2. The lowest BCUT2D eigenvalue weighted by Gasteiger charge is -2.17. The van der Waals surface area contributed by atoms with Crippen molar-refractivity contribution in [2.24, 2.45) is 0 Å². The van der Waals surface area contributed by atoms with Crippen LogP contribution in [0.25, 0.3) is 98.3 Å². The molecule has 2 nitrogen and oxygen atoms in total. The molecule has 0 saturated carbocycles. The summed E-state index contributed by atoms with van der Waals surface area (Å²) in [6.45, 7) is 0. The van der Waals surface area contributed by atoms with Crippen LogP contribution in [0.4, 0.5) is 0 Å². The average Bonchev–Trinajstić information content (AvgIpc) is 3.13. The summed E-state index contributed by atoms with van der Waals surface area (Å²) in [7, 11) is 0. The van der Waals surface area contributed by atoms with Gasteiger partial charge in [-0.3, -0.25) is 0 Å². The third-order valence-electron chi connectivity index (χ3n) is 9.65. The Labute approximate surface area is 265 Å². The van der Waals surface area contributed by atoms with E-state index >= 15 is 0 Å². The van der Waals surface area contributed by atoms with E-state index in [4.69, 9.17) is 0 Å². The Hall–Kier alpha value is -6.12. The Kier molecular flexibility index (Phi) is 5.31. The quantitative estimate of drug-likeness (QED) is 0.194. The van der Waals surface area contributed by atoms with Crippen LogP contribution in [0.15, 0.2) is 158 Å². The van der Waals surface area contributed by atoms with Crippen molar-refractivity contribution in [3.05, 3.63) is 158 Å². The Bertz CT molecular complexity index is 2770. The van der Waals surface area contributed by atoms with Crippen LogP contribution in [0.5, 0.6) is 0 Å². The molecule has 9 aromatic carbocycles. The Morgan fingerprint density at radius 1 is 0.261 bits per heavy atom. The first-order chi connectivity index (χ1) is 22.8. The maximum Gasteiger partial charge on any atom is 0.0930 e. The van der Waals surface area contributed by atoms with Crippen molar-refractivity contribution >= 4 is 64.6 Å². The molecule has 1 heterocycles. The summed E-state index contributed by atoms with van der Waals surface area (Å²) in [5, 5.41) is 24.7. The highest BCUT2D eigenvalue weighted by Gasteiger charge is 2.16. The summed E-state index contributed by atoms with van der Waals surface area (Å²) < 4.78 is 0. The van der Waals surface area contributed by atoms with Gasteiger partial charge in [0.2, 0.25) is 0 Å². The normalized spacial score (nSPS) is 11.9. The molecular weight excluding hydrogens is 556 g/mol. The summed E-state index contributed by atoms with van der Waals surface area (Å²) >= 11 is 0. The van der Waals surface area contributed by atoms with Crippen LogP contribution in [-0.4, -0.2) is 10.2 Å². The molecule has 46 heavy (non-hydrogen) atoms. The zero-order valence-electron chi connectivity index (χ0n) is 24.9. The van der Waals surface area contributed by atoms with Gasteiger partial charge < -0.3 is 0 Å². The molecule has 2 heteroatoms. The molecule has 10 aromatic rings. The van der Waals surface area contributed by atoms with Gasteiger partial charge in [-0.05, 0) is 106 Å². The second kappa shape index (κ2) is 9.69. The lowest BCUT2D eigenvalue weighted by Crippen LogP contribution is -1.91. The van der Waals surface area contributed by atoms with Crippen LogP contribution in [-0.2, 0) is 0 Å². The number of rotatable bonds is 3. The highest BCUT2D eigenvalue weighted by Crippen LogP contribution is 2.44. The van der Waals surface area contributed by atoms with E-state index in [1.54, 1.807) is 0 Å². The molecule has 0 unspecified atom stereocenters. The van der Waals surface area contributed by atoms with Crippen LogP contribution in [0.1, 0.15) is 0 Å². The number of fused-ring (bicyclic) bond motifs is 2. The largest absolute Gasteiger partial charge is 0.150 e. The van der Waals surface area contributed by atoms with Gasteiger partial charge in [0.1, 0.15) is 0 Å². The van der Waals surface area contributed by atoms with Crippen LogP contribution in [0.2, 0.25) is 0 Å². The van der Waals surface area contributed by atoms with Gasteiger partial charge in [0.25, 0.3) is 0 Å². The molecule has 212 valence electrons. The maximum atomic E-state index is 4.63. The van der Waals surface area contributed by atoms with E-state index < -0.39 is 0 Å². The van der Waals surface area contributed by atoms with E-state index in [-0.39, 0.29) is 0 Å². The second-order valence-electron chi connectivity index (χ2n) is 12.2. The highest BCUT2D eigenvalue weighted by atomic mass is 15.1. The molecule has 0 aliphatic carbocycles. The van der Waals surface area contributed by atoms with Gasteiger partial charge in [-0.2, -0.15) is 0 Å². The maximum absolute atomic E-state index is 4.63. The van der Waals surface area contributed by atoms with Crippen molar-refractivity contribution in [3.8, 4) is 33.6 Å². The summed E-state index contributed by atoms with van der Waals surface area (Å²) in [6.07, 6.45) is 0. The van der Waals surface area contributed by atoms with Gasteiger partial charge in [0.15, 0.2) is 0 Å². The predicted molar refractivity (Wildman–Crippen MR) is 195 cm³/mol. The monoisotopic (exact) mass is 582 g/mol. The fourth-order valence-corrected chi connectivity index (χ4v) is 7.56. The fourth-order valence-electron chi connectivity index (χ4n) is 7.56. The molecule has 0 radical (unpaired) electrons. The highest BCUT2D eigenvalue weighted by molar-refractivity contribution is 6.37. The Morgan fingerprint density at radius 3 is 1.35 bits per heavy atom. The molecule has 0 bridgehead atoms. The predicted octanol–water partition coefficient (Wildman–Crippen LogP) is 11.8. The molecule has 0 saturated heterocycles. The van der Waals surface area contributed by atoms with Gasteiger partial charge in [0, 0.05) is 11.1 Å². The summed E-state index contributed by atoms with van der Waals surface area (Å²) in [4.78, 5) is 0. The lowest BCUT2D eigenvalue weighted by molar-refractivity contribution is 1.04. The average molecular weight is 583 g/mol. The molecule has 0 aliphatic rings. The third-order valence-corrected chi connectivity index (χ3v) is 9.65. The van der Waals surface area contributed by atoms with E-state index in [0.717, 1.165) is 28.1 Å². The number of benzene rings is 8. The van der Waals surface area contributed by atoms with Crippen LogP contribution in [0, 0.1) is 0 Å². The third kappa shape index (κ3) is 3.71. The van der Waals surface area contributed by atoms with Crippen LogP contribution in [0.3, 0.4) is 0 Å². The first-order valence-corrected chi connectivity index (χ1v) is 15.7. The van der Waals surface area contributed by atoms with Gasteiger partial charge in [-0.15, -0.1) is 10.2 Å². The van der Waals surface area contributed by atoms with Crippen LogP contribution < -0.4 is 0 Å². The standard InChI is InChI=1S/C44H26N2/c1-2-8-27(9-3-1)39-22-23-40(46-45-39)32-14-4-13-31(24-32)34-25-33-21-20-30-11-6-16-36-35-15-5-10-28-18-19-29-12-7-17-37(43(29)41(28)35)38(26-34)44(33)42(30)36/h1-26H. The van der Waals surface area contributed by atoms with E-state index in [1.807, 2.05) is 18.2 Å². The number of hydrogen-bond acceptors (Lipinski definition) is 2. The van der Waals surface area contributed by atoms with Gasteiger partial charge in [-0.1, -0.05) is 127 Å². The molecule has 0 spiro atoms. The number of aromatic nitrogens is 2. The van der Waals surface area contributed by atoms with Gasteiger partial charge >= 0.3 is 0 Å². The topological polar surface area (TPSA) is 25.8 Å². The number of hydrogen-bond donors (Lipinski definition) is 0. The van der Waals surface area contributed by atoms with Gasteiger partial charge in [0.05, 0.1) is 11.4 Å². The number of nitrogens with zero attached hydrogens (tertiary/aromatic N) is 2. The summed E-state index contributed by atoms with van der Waals surface area (Å²) in [5.41, 5.74) is 6.20. The van der Waals surface area contributed by atoms with Crippen LogP contribution >= 0.6 is 0 Å². The molecule has 0 aliphatic heterocycles. The first-order valence-electron chi connectivity index (χ1n) is 15.7. The van der Waals surface area contributed by atoms with Crippen molar-refractivity contribution in [2.45, 2.75) is 0 Å². The fraction of sp³-hybridized carbons (Fsp3) is 0. The molecule has 0 N–H and O–H groups in total. The summed E-state index contributed by atoms with van der Waals surface area (Å²) in [5.74, 6) is 0. The smallest absolute Gasteiger partial charge is 0.0930 e. The van der Waals surface area contributed by atoms with Crippen molar-refractivity contribution in [1.82, 2.24) is 10.2 Å². The minimum Gasteiger partial charge on any atom is -0.150 e. The van der Waals surface area contributed by atoms with E-state index in [1.165, 1.54) is 70.2 Å². The first kappa shape index (κ1) is 25.2. The van der Waals surface area contributed by atoms with E-state index in [0.29, 0.717) is 0 Å². The molecule has 1 aromatic heterocycles. The minimum absolute atomic E-state index is 0.862. The van der Waals surface area contributed by atoms with Gasteiger partial charge in [-0.25, -0.2) is 0 Å². The molecule has 0 fully saturated rings. The molecule has 0 amide bonds. The minimum atomic E-state index is 0.862. The molecule has 10 rings (SSSR count). The molecule has 0 atom stereocenters. The Morgan fingerprint density at radius 2 is 0.739 bits per heavy atom. The zero-order valence-corrected chi connectivity index (χ0v) is 24.9. The summed E-state index contributed by atoms with van der Waals surface area (Å²) in [6, 6.07) is 57.1. The lowest BCUT2D eigenvalue weighted by atomic mass is 9.86.